The van der Waals surface area contributed by atoms with E-state index in [2.05, 4.69) is 15.2 Å². The highest BCUT2D eigenvalue weighted by molar-refractivity contribution is 6.21. The van der Waals surface area contributed by atoms with Crippen molar-refractivity contribution in [2.75, 3.05) is 23.9 Å². The molecule has 2 N–H and O–H groups in total. The fraction of sp³-hybridized carbons (Fsp3) is 0.312. The number of aliphatic hydroxyl groups excluding tert-OH is 1. The molecule has 3 aliphatic rings. The number of benzene rings is 2. The molecule has 7 rings (SSSR count). The van der Waals surface area contributed by atoms with Gasteiger partial charge in [0.1, 0.15) is 11.4 Å². The molecule has 4 aromatic rings. The van der Waals surface area contributed by atoms with Gasteiger partial charge in [0, 0.05) is 24.9 Å². The second-order valence-corrected chi connectivity index (χ2v) is 10.7. The Balaban J connectivity index is 0.000000744. The normalized spacial score (nSPS) is 18.6. The number of aliphatic hydroxyl groups is 1. The van der Waals surface area contributed by atoms with E-state index in [1.54, 1.807) is 24.1 Å². The SMILES string of the molecule is CCCO.CN1C(=O)c2c(nn(Cc3ccc(-c4cccc(F)n4)cc3)c2Nc2ccccc2)N2C1=N[C@@H]1CCC[C@@H]12. The van der Waals surface area contributed by atoms with Gasteiger partial charge in [0.2, 0.25) is 11.9 Å². The molecule has 9 nitrogen and oxygen atoms in total. The van der Waals surface area contributed by atoms with Crippen molar-refractivity contribution in [2.45, 2.75) is 51.2 Å². The summed E-state index contributed by atoms with van der Waals surface area (Å²) in [4.78, 5) is 26.4. The van der Waals surface area contributed by atoms with Crippen molar-refractivity contribution in [1.82, 2.24) is 19.7 Å². The minimum Gasteiger partial charge on any atom is -0.396 e. The minimum absolute atomic E-state index is 0.118. The lowest BCUT2D eigenvalue weighted by Crippen LogP contribution is -2.51. The number of anilines is 3. The molecule has 0 spiro atoms. The van der Waals surface area contributed by atoms with Gasteiger partial charge < -0.3 is 10.4 Å². The first-order valence-corrected chi connectivity index (χ1v) is 14.4. The number of aromatic nitrogens is 3. The Kier molecular flexibility index (Phi) is 7.71. The highest BCUT2D eigenvalue weighted by Crippen LogP contribution is 2.43. The number of carbonyl (C=O) groups excluding carboxylic acids is 1. The second-order valence-electron chi connectivity index (χ2n) is 10.7. The molecule has 2 aromatic carbocycles. The summed E-state index contributed by atoms with van der Waals surface area (Å²) in [6.07, 6.45) is 4.06. The Morgan fingerprint density at radius 1 is 1.02 bits per heavy atom. The maximum Gasteiger partial charge on any atom is 0.267 e. The van der Waals surface area contributed by atoms with Gasteiger partial charge in [-0.2, -0.15) is 9.49 Å². The molecule has 1 amide bonds. The summed E-state index contributed by atoms with van der Waals surface area (Å²) in [7, 11) is 1.79. The molecule has 2 atom stereocenters. The largest absolute Gasteiger partial charge is 0.396 e. The van der Waals surface area contributed by atoms with Crippen molar-refractivity contribution in [3.05, 3.63) is 89.9 Å². The molecule has 42 heavy (non-hydrogen) atoms. The Labute approximate surface area is 244 Å². The lowest BCUT2D eigenvalue weighted by atomic mass is 10.1. The zero-order valence-electron chi connectivity index (χ0n) is 23.7. The number of hydrogen-bond acceptors (Lipinski definition) is 7. The second kappa shape index (κ2) is 11.7. The summed E-state index contributed by atoms with van der Waals surface area (Å²) >= 11 is 0. The van der Waals surface area contributed by atoms with Gasteiger partial charge in [-0.1, -0.05) is 55.5 Å². The van der Waals surface area contributed by atoms with Gasteiger partial charge in [-0.25, -0.2) is 14.7 Å². The molecule has 1 saturated carbocycles. The molecule has 0 unspecified atom stereocenters. The van der Waals surface area contributed by atoms with Gasteiger partial charge in [-0.3, -0.25) is 14.6 Å². The van der Waals surface area contributed by atoms with Crippen LogP contribution in [0.1, 0.15) is 48.5 Å². The number of aliphatic imine (C=N–C) groups is 1. The average molecular weight is 568 g/mol. The number of halogens is 1. The number of para-hydroxylation sites is 1. The van der Waals surface area contributed by atoms with E-state index < -0.39 is 5.95 Å². The van der Waals surface area contributed by atoms with E-state index in [9.17, 15) is 9.18 Å². The summed E-state index contributed by atoms with van der Waals surface area (Å²) in [5.74, 6) is 1.39. The zero-order chi connectivity index (χ0) is 29.2. The molecule has 1 aliphatic carbocycles. The molecular weight excluding hydrogens is 533 g/mol. The summed E-state index contributed by atoms with van der Waals surface area (Å²) in [5.41, 5.74) is 3.84. The van der Waals surface area contributed by atoms with Crippen LogP contribution in [0.25, 0.3) is 11.3 Å². The topological polar surface area (TPSA) is 98.9 Å². The molecule has 2 aliphatic heterocycles. The molecule has 4 heterocycles. The van der Waals surface area contributed by atoms with Crippen LogP contribution in [0.15, 0.2) is 77.8 Å². The third-order valence-electron chi connectivity index (χ3n) is 7.81. The molecule has 216 valence electrons. The first-order chi connectivity index (χ1) is 20.5. The van der Waals surface area contributed by atoms with Crippen LogP contribution in [0, 0.1) is 5.95 Å². The van der Waals surface area contributed by atoms with Gasteiger partial charge in [-0.15, -0.1) is 0 Å². The molecule has 2 aromatic heterocycles. The standard InChI is InChI=1S/C29H26FN7O.C3H8O/c1-35-28(38)25-26(31-20-7-3-2-4-8-20)36(34-27(25)37-23-11-5-10-22(23)33-29(35)37)17-18-13-15-19(16-14-18)21-9-6-12-24(30)32-21;1-2-3-4/h2-4,6-9,12-16,22-23,31H,5,10-11,17H2,1H3;4H,2-3H2,1H3/t22-,23+;/m1./s1. The number of amides is 1. The Hall–Kier alpha value is -4.57. The van der Waals surface area contributed by atoms with Crippen LogP contribution in [0.2, 0.25) is 0 Å². The van der Waals surface area contributed by atoms with E-state index in [0.29, 0.717) is 42.0 Å². The lowest BCUT2D eigenvalue weighted by Gasteiger charge is -2.34. The Bertz CT molecular complexity index is 1600. The summed E-state index contributed by atoms with van der Waals surface area (Å²) < 4.78 is 15.5. The van der Waals surface area contributed by atoms with Crippen molar-refractivity contribution in [2.24, 2.45) is 4.99 Å². The van der Waals surface area contributed by atoms with Crippen molar-refractivity contribution in [1.29, 1.82) is 0 Å². The minimum atomic E-state index is -0.505. The van der Waals surface area contributed by atoms with E-state index in [1.165, 1.54) is 6.07 Å². The number of carbonyl (C=O) groups is 1. The fourth-order valence-corrected chi connectivity index (χ4v) is 5.73. The first kappa shape index (κ1) is 27.6. The third-order valence-corrected chi connectivity index (χ3v) is 7.81. The number of hydrogen-bond donors (Lipinski definition) is 2. The van der Waals surface area contributed by atoms with Crippen molar-refractivity contribution < 1.29 is 14.3 Å². The zero-order valence-corrected chi connectivity index (χ0v) is 23.7. The molecule has 10 heteroatoms. The maximum absolute atomic E-state index is 13.7. The average Bonchev–Trinajstić information content (AvgIpc) is 3.71. The third kappa shape index (κ3) is 5.14. The summed E-state index contributed by atoms with van der Waals surface area (Å²) in [6, 6.07) is 22.8. The van der Waals surface area contributed by atoms with E-state index >= 15 is 0 Å². The van der Waals surface area contributed by atoms with Gasteiger partial charge >= 0.3 is 0 Å². The van der Waals surface area contributed by atoms with Crippen LogP contribution in [-0.2, 0) is 6.54 Å². The van der Waals surface area contributed by atoms with E-state index in [0.717, 1.165) is 42.5 Å². The summed E-state index contributed by atoms with van der Waals surface area (Å²) in [6.45, 7) is 2.70. The number of nitrogens with zero attached hydrogens (tertiary/aromatic N) is 6. The number of fused-ring (bicyclic) bond motifs is 5. The Morgan fingerprint density at radius 3 is 2.50 bits per heavy atom. The number of pyridine rings is 1. The van der Waals surface area contributed by atoms with Crippen LogP contribution in [-0.4, -0.2) is 62.4 Å². The predicted molar refractivity (Wildman–Crippen MR) is 161 cm³/mol. The highest BCUT2D eigenvalue weighted by atomic mass is 19.1. The maximum atomic E-state index is 13.7. The molecule has 0 bridgehead atoms. The Morgan fingerprint density at radius 2 is 1.79 bits per heavy atom. The number of nitrogens with one attached hydrogen (secondary N) is 1. The lowest BCUT2D eigenvalue weighted by molar-refractivity contribution is 0.0866. The smallest absolute Gasteiger partial charge is 0.267 e. The molecule has 0 radical (unpaired) electrons. The van der Waals surface area contributed by atoms with Crippen LogP contribution in [0.4, 0.5) is 21.7 Å². The molecular formula is C32H34FN7O2. The van der Waals surface area contributed by atoms with E-state index in [1.807, 2.05) is 66.2 Å². The monoisotopic (exact) mass is 567 g/mol. The predicted octanol–water partition coefficient (Wildman–Crippen LogP) is 5.45. The highest BCUT2D eigenvalue weighted by Gasteiger charge is 2.49. The van der Waals surface area contributed by atoms with Gasteiger partial charge in [-0.05, 0) is 55.5 Å². The van der Waals surface area contributed by atoms with E-state index in [4.69, 9.17) is 15.2 Å². The van der Waals surface area contributed by atoms with Crippen molar-refractivity contribution in [3.8, 4) is 11.3 Å². The first-order valence-electron chi connectivity index (χ1n) is 14.4. The van der Waals surface area contributed by atoms with Crippen molar-refractivity contribution in [3.63, 3.8) is 0 Å². The van der Waals surface area contributed by atoms with Crippen LogP contribution >= 0.6 is 0 Å². The van der Waals surface area contributed by atoms with Crippen LogP contribution < -0.4 is 10.2 Å². The quantitative estimate of drug-likeness (QED) is 0.301. The van der Waals surface area contributed by atoms with Crippen LogP contribution in [0.5, 0.6) is 0 Å². The number of guanidine groups is 1. The van der Waals surface area contributed by atoms with Crippen molar-refractivity contribution >= 4 is 29.2 Å². The fourth-order valence-electron chi connectivity index (χ4n) is 5.73. The van der Waals surface area contributed by atoms with Gasteiger partial charge in [0.25, 0.3) is 5.91 Å². The molecule has 0 saturated heterocycles. The van der Waals surface area contributed by atoms with Gasteiger partial charge in [0.05, 0.1) is 24.3 Å². The number of rotatable bonds is 6. The van der Waals surface area contributed by atoms with Gasteiger partial charge in [0.15, 0.2) is 5.82 Å². The summed E-state index contributed by atoms with van der Waals surface area (Å²) in [5, 5.41) is 16.4. The van der Waals surface area contributed by atoms with E-state index in [-0.39, 0.29) is 18.0 Å². The van der Waals surface area contributed by atoms with Crippen LogP contribution in [0.3, 0.4) is 0 Å². The molecule has 1 fully saturated rings.